The highest BCUT2D eigenvalue weighted by molar-refractivity contribution is 7.92. The number of aryl methyl sites for hydroxylation is 2. The first-order valence-electron chi connectivity index (χ1n) is 15.0. The van der Waals surface area contributed by atoms with Gasteiger partial charge in [0.25, 0.3) is 10.0 Å². The second-order valence-corrected chi connectivity index (χ2v) is 13.9. The molecular formula is C36H40ClN3O4S. The van der Waals surface area contributed by atoms with Gasteiger partial charge in [0.2, 0.25) is 11.8 Å². The van der Waals surface area contributed by atoms with Crippen molar-refractivity contribution in [3.05, 3.63) is 130 Å². The highest BCUT2D eigenvalue weighted by Crippen LogP contribution is 2.29. The third-order valence-corrected chi connectivity index (χ3v) is 9.45. The van der Waals surface area contributed by atoms with Gasteiger partial charge in [0.1, 0.15) is 12.6 Å². The zero-order valence-electron chi connectivity index (χ0n) is 26.1. The summed E-state index contributed by atoms with van der Waals surface area (Å²) in [5, 5.41) is 3.49. The van der Waals surface area contributed by atoms with E-state index in [4.69, 9.17) is 11.6 Å². The molecule has 0 aliphatic rings. The summed E-state index contributed by atoms with van der Waals surface area (Å²) in [7, 11) is -4.16. The molecule has 0 radical (unpaired) electrons. The standard InChI is InChI=1S/C36H40ClN3O4S/c1-26(2)23-38-36(42)34(22-29-12-7-5-8-13-29)39(24-30-14-11-15-31(37)21-30)35(41)25-40(33-20-27(3)18-19-28(33)4)45(43,44)32-16-9-6-10-17-32/h5-21,26,34H,22-25H2,1-4H3,(H,38,42). The second kappa shape index (κ2) is 15.2. The van der Waals surface area contributed by atoms with Gasteiger partial charge in [0.05, 0.1) is 10.6 Å². The van der Waals surface area contributed by atoms with Gasteiger partial charge in [0.15, 0.2) is 0 Å². The van der Waals surface area contributed by atoms with Gasteiger partial charge in [0, 0.05) is 24.5 Å². The minimum atomic E-state index is -4.16. The molecule has 9 heteroatoms. The highest BCUT2D eigenvalue weighted by atomic mass is 35.5. The van der Waals surface area contributed by atoms with Crippen molar-refractivity contribution in [1.82, 2.24) is 10.2 Å². The van der Waals surface area contributed by atoms with Crippen molar-refractivity contribution < 1.29 is 18.0 Å². The largest absolute Gasteiger partial charge is 0.354 e. The van der Waals surface area contributed by atoms with Crippen LogP contribution in [0, 0.1) is 19.8 Å². The van der Waals surface area contributed by atoms with Gasteiger partial charge in [-0.2, -0.15) is 0 Å². The van der Waals surface area contributed by atoms with Crippen LogP contribution in [0.3, 0.4) is 0 Å². The Morgan fingerprint density at radius 2 is 1.47 bits per heavy atom. The number of carbonyl (C=O) groups is 2. The van der Waals surface area contributed by atoms with E-state index >= 15 is 0 Å². The van der Waals surface area contributed by atoms with Crippen molar-refractivity contribution in [3.8, 4) is 0 Å². The van der Waals surface area contributed by atoms with Crippen LogP contribution in [0.5, 0.6) is 0 Å². The fourth-order valence-electron chi connectivity index (χ4n) is 5.03. The molecule has 0 spiro atoms. The Kier molecular flexibility index (Phi) is 11.4. The monoisotopic (exact) mass is 645 g/mol. The maximum Gasteiger partial charge on any atom is 0.264 e. The molecule has 0 aromatic heterocycles. The molecule has 0 saturated heterocycles. The van der Waals surface area contributed by atoms with Crippen molar-refractivity contribution >= 4 is 39.1 Å². The molecular weight excluding hydrogens is 606 g/mol. The average molecular weight is 646 g/mol. The lowest BCUT2D eigenvalue weighted by Crippen LogP contribution is -2.53. The minimum absolute atomic E-state index is 0.0536. The lowest BCUT2D eigenvalue weighted by molar-refractivity contribution is -0.140. The van der Waals surface area contributed by atoms with E-state index < -0.39 is 28.5 Å². The topological polar surface area (TPSA) is 86.8 Å². The van der Waals surface area contributed by atoms with Crippen LogP contribution < -0.4 is 9.62 Å². The molecule has 0 fully saturated rings. The predicted octanol–water partition coefficient (Wildman–Crippen LogP) is 6.56. The Morgan fingerprint density at radius 3 is 2.11 bits per heavy atom. The van der Waals surface area contributed by atoms with Crippen molar-refractivity contribution in [1.29, 1.82) is 0 Å². The van der Waals surface area contributed by atoms with Crippen molar-refractivity contribution in [3.63, 3.8) is 0 Å². The van der Waals surface area contributed by atoms with Crippen LogP contribution in [0.4, 0.5) is 5.69 Å². The van der Waals surface area contributed by atoms with E-state index in [9.17, 15) is 18.0 Å². The number of nitrogens with zero attached hydrogens (tertiary/aromatic N) is 2. The van der Waals surface area contributed by atoms with Crippen molar-refractivity contribution in [2.45, 2.75) is 51.6 Å². The number of amides is 2. The van der Waals surface area contributed by atoms with Gasteiger partial charge >= 0.3 is 0 Å². The van der Waals surface area contributed by atoms with E-state index in [2.05, 4.69) is 5.32 Å². The van der Waals surface area contributed by atoms with Crippen molar-refractivity contribution in [2.75, 3.05) is 17.4 Å². The van der Waals surface area contributed by atoms with E-state index in [0.29, 0.717) is 22.8 Å². The van der Waals surface area contributed by atoms with Gasteiger partial charge < -0.3 is 10.2 Å². The Labute approximate surface area is 271 Å². The first kappa shape index (κ1) is 33.7. The Bertz CT molecular complexity index is 1710. The van der Waals surface area contributed by atoms with Crippen molar-refractivity contribution in [2.24, 2.45) is 5.92 Å². The zero-order valence-corrected chi connectivity index (χ0v) is 27.7. The minimum Gasteiger partial charge on any atom is -0.354 e. The fourth-order valence-corrected chi connectivity index (χ4v) is 6.73. The number of nitrogens with one attached hydrogen (secondary N) is 1. The summed E-state index contributed by atoms with van der Waals surface area (Å²) < 4.78 is 29.5. The summed E-state index contributed by atoms with van der Waals surface area (Å²) in [6.07, 6.45) is 0.242. The SMILES string of the molecule is Cc1ccc(C)c(N(CC(=O)N(Cc2cccc(Cl)c2)C(Cc2ccccc2)C(=O)NCC(C)C)S(=O)(=O)c2ccccc2)c1. The summed E-state index contributed by atoms with van der Waals surface area (Å²) in [4.78, 5) is 30.0. The lowest BCUT2D eigenvalue weighted by Gasteiger charge is -2.34. The number of rotatable bonds is 13. The van der Waals surface area contributed by atoms with Crippen LogP contribution in [-0.4, -0.2) is 44.3 Å². The number of carbonyl (C=O) groups excluding carboxylic acids is 2. The fraction of sp³-hybridized carbons (Fsp3) is 0.278. The molecule has 2 amide bonds. The van der Waals surface area contributed by atoms with E-state index in [1.165, 1.54) is 17.0 Å². The summed E-state index contributed by atoms with van der Waals surface area (Å²) in [6, 6.07) is 29.2. The molecule has 0 bridgehead atoms. The van der Waals surface area contributed by atoms with E-state index in [-0.39, 0.29) is 29.7 Å². The summed E-state index contributed by atoms with van der Waals surface area (Å²) in [5.41, 5.74) is 3.54. The predicted molar refractivity (Wildman–Crippen MR) is 181 cm³/mol. The number of anilines is 1. The molecule has 1 atom stereocenters. The summed E-state index contributed by atoms with van der Waals surface area (Å²) in [5.74, 6) is -0.637. The molecule has 4 rings (SSSR count). The van der Waals surface area contributed by atoms with Gasteiger partial charge in [-0.1, -0.05) is 98.2 Å². The molecule has 7 nitrogen and oxygen atoms in total. The Morgan fingerprint density at radius 1 is 0.822 bits per heavy atom. The molecule has 4 aromatic carbocycles. The van der Waals surface area contributed by atoms with Gasteiger partial charge in [-0.25, -0.2) is 8.42 Å². The number of benzene rings is 4. The van der Waals surface area contributed by atoms with Crippen LogP contribution in [-0.2, 0) is 32.6 Å². The van der Waals surface area contributed by atoms with Crippen LogP contribution in [0.1, 0.15) is 36.1 Å². The lowest BCUT2D eigenvalue weighted by atomic mass is 10.0. The normalized spacial score (nSPS) is 12.0. The number of halogens is 1. The highest BCUT2D eigenvalue weighted by Gasteiger charge is 2.35. The van der Waals surface area contributed by atoms with Gasteiger partial charge in [-0.15, -0.1) is 0 Å². The molecule has 0 heterocycles. The summed E-state index contributed by atoms with van der Waals surface area (Å²) in [6.45, 7) is 7.66. The molecule has 236 valence electrons. The van der Waals surface area contributed by atoms with Crippen LogP contribution >= 0.6 is 11.6 Å². The second-order valence-electron chi connectivity index (χ2n) is 11.6. The zero-order chi connectivity index (χ0) is 32.6. The molecule has 1 unspecified atom stereocenters. The van der Waals surface area contributed by atoms with E-state index in [1.54, 1.807) is 42.5 Å². The smallest absolute Gasteiger partial charge is 0.264 e. The van der Waals surface area contributed by atoms with Gasteiger partial charge in [-0.3, -0.25) is 13.9 Å². The maximum absolute atomic E-state index is 14.6. The molecule has 4 aromatic rings. The van der Waals surface area contributed by atoms with E-state index in [1.807, 2.05) is 76.2 Å². The van der Waals surface area contributed by atoms with Crippen LogP contribution in [0.2, 0.25) is 5.02 Å². The third-order valence-electron chi connectivity index (χ3n) is 7.44. The van der Waals surface area contributed by atoms with Crippen LogP contribution in [0.15, 0.2) is 108 Å². The first-order valence-corrected chi connectivity index (χ1v) is 16.8. The number of hydrogen-bond donors (Lipinski definition) is 1. The molecule has 0 aliphatic heterocycles. The number of hydrogen-bond acceptors (Lipinski definition) is 4. The number of sulfonamides is 1. The first-order chi connectivity index (χ1) is 21.5. The Balaban J connectivity index is 1.82. The molecule has 45 heavy (non-hydrogen) atoms. The summed E-state index contributed by atoms with van der Waals surface area (Å²) >= 11 is 6.32. The van der Waals surface area contributed by atoms with E-state index in [0.717, 1.165) is 21.0 Å². The van der Waals surface area contributed by atoms with Gasteiger partial charge in [-0.05, 0) is 72.4 Å². The quantitative estimate of drug-likeness (QED) is 0.178. The van der Waals surface area contributed by atoms with Crippen LogP contribution in [0.25, 0.3) is 0 Å². The molecule has 0 aliphatic carbocycles. The maximum atomic E-state index is 14.6. The third kappa shape index (κ3) is 8.96. The average Bonchev–Trinajstić information content (AvgIpc) is 3.02. The Hall–Kier alpha value is -4.14. The molecule has 0 saturated carbocycles. The molecule has 1 N–H and O–H groups in total.